The van der Waals surface area contributed by atoms with Gasteiger partial charge in [0.15, 0.2) is 5.79 Å². The molecule has 2 fully saturated rings. The van der Waals surface area contributed by atoms with Crippen LogP contribution in [0.25, 0.3) is 11.0 Å². The summed E-state index contributed by atoms with van der Waals surface area (Å²) < 4.78 is 45.6. The van der Waals surface area contributed by atoms with Gasteiger partial charge in [0.25, 0.3) is 0 Å². The average molecular weight is 592 g/mol. The Balaban J connectivity index is 1.38. The molecule has 2 aliphatic heterocycles. The number of rotatable bonds is 10. The van der Waals surface area contributed by atoms with Gasteiger partial charge in [-0.05, 0) is 52.8 Å². The zero-order chi connectivity index (χ0) is 28.7. The molecule has 4 heterocycles. The average Bonchev–Trinajstić information content (AvgIpc) is 3.54. The predicted molar refractivity (Wildman–Crippen MR) is 151 cm³/mol. The number of thioether (sulfide) groups is 1. The molecule has 0 amide bonds. The molecular weight excluding hydrogens is 557 g/mol. The number of carbonyl (C=O) groups is 1. The Morgan fingerprint density at radius 1 is 1.18 bits per heavy atom. The lowest BCUT2D eigenvalue weighted by molar-refractivity contribution is -0.150. The van der Waals surface area contributed by atoms with E-state index in [-0.39, 0.29) is 35.5 Å². The van der Waals surface area contributed by atoms with Crippen LogP contribution in [0, 0.1) is 0 Å². The van der Waals surface area contributed by atoms with Crippen LogP contribution < -0.4 is 15.3 Å². The van der Waals surface area contributed by atoms with E-state index >= 15 is 0 Å². The summed E-state index contributed by atoms with van der Waals surface area (Å²) in [6.45, 7) is 8.72. The van der Waals surface area contributed by atoms with Gasteiger partial charge in [0.1, 0.15) is 47.2 Å². The van der Waals surface area contributed by atoms with Crippen molar-refractivity contribution in [2.75, 3.05) is 12.3 Å². The smallest absolute Gasteiger partial charge is 0.459 e. The number of hydrogen-bond acceptors (Lipinski definition) is 11. The van der Waals surface area contributed by atoms with E-state index in [4.69, 9.17) is 29.0 Å². The number of esters is 1. The minimum absolute atomic E-state index is 0.0127. The highest BCUT2D eigenvalue weighted by Crippen LogP contribution is 2.53. The van der Waals surface area contributed by atoms with E-state index in [1.165, 1.54) is 6.33 Å². The van der Waals surface area contributed by atoms with Gasteiger partial charge >= 0.3 is 13.7 Å². The molecule has 2 aliphatic rings. The lowest BCUT2D eigenvalue weighted by atomic mass is 10.1. The molecule has 3 N–H and O–H groups in total. The summed E-state index contributed by atoms with van der Waals surface area (Å²) in [4.78, 5) is 21.0. The number of hydrogen-bond donors (Lipinski definition) is 2. The molecule has 3 aromatic rings. The second kappa shape index (κ2) is 11.3. The first kappa shape index (κ1) is 28.8. The molecule has 14 heteroatoms. The molecule has 0 radical (unpaired) electrons. The van der Waals surface area contributed by atoms with E-state index < -0.39 is 25.5 Å². The second-order valence-corrected chi connectivity index (χ2v) is 13.4. The normalized spacial score (nSPS) is 25.9. The van der Waals surface area contributed by atoms with E-state index in [1.807, 2.05) is 36.7 Å². The van der Waals surface area contributed by atoms with Crippen LogP contribution in [0.4, 0.5) is 5.82 Å². The number of ether oxygens (including phenoxy) is 3. The molecule has 0 saturated carbocycles. The van der Waals surface area contributed by atoms with E-state index in [1.54, 1.807) is 56.8 Å². The van der Waals surface area contributed by atoms with Crippen molar-refractivity contribution >= 4 is 42.3 Å². The Labute approximate surface area is 236 Å². The largest absolute Gasteiger partial charge is 0.462 e. The summed E-state index contributed by atoms with van der Waals surface area (Å²) in [5.41, 5.74) is 6.74. The maximum atomic E-state index is 14.0. The standard InChI is InChI=1S/C26H34N5O7PS/c1-15(2)35-25(32)16(3)30-39(33,38-17-9-7-6-8-10-17)34-13-19-20-21(37-26(4,5)36-20)24(40-19)31-12-11-18-22(27)28-14-29-23(18)31/h6-12,14-16,19-21,24H,13H2,1-5H3,(H,30,33)(H2,27,28,29)/t16-,19+,20+,21+,24+,39-/m0/s1. The third kappa shape index (κ3) is 6.14. The van der Waals surface area contributed by atoms with Crippen LogP contribution in [-0.2, 0) is 28.1 Å². The Bertz CT molecular complexity index is 1400. The Morgan fingerprint density at radius 3 is 2.62 bits per heavy atom. The van der Waals surface area contributed by atoms with Crippen LogP contribution in [0.15, 0.2) is 48.9 Å². The molecule has 0 bridgehead atoms. The van der Waals surface area contributed by atoms with Crippen molar-refractivity contribution in [1.82, 2.24) is 19.6 Å². The molecule has 216 valence electrons. The fourth-order valence-corrected chi connectivity index (χ4v) is 7.87. The van der Waals surface area contributed by atoms with Crippen molar-refractivity contribution in [2.45, 2.75) is 75.4 Å². The molecule has 2 saturated heterocycles. The quantitative estimate of drug-likeness (QED) is 0.256. The summed E-state index contributed by atoms with van der Waals surface area (Å²) >= 11 is 1.55. The highest BCUT2D eigenvalue weighted by Gasteiger charge is 2.56. The molecule has 12 nitrogen and oxygen atoms in total. The van der Waals surface area contributed by atoms with Crippen LogP contribution in [-0.4, -0.2) is 62.5 Å². The van der Waals surface area contributed by atoms with Crippen LogP contribution in [0.2, 0.25) is 0 Å². The van der Waals surface area contributed by atoms with Crippen LogP contribution in [0.1, 0.15) is 40.0 Å². The summed E-state index contributed by atoms with van der Waals surface area (Å²) in [5.74, 6) is -0.681. The van der Waals surface area contributed by atoms with Crippen molar-refractivity contribution in [3.8, 4) is 5.75 Å². The number of nitrogens with zero attached hydrogens (tertiary/aromatic N) is 3. The minimum Gasteiger partial charge on any atom is -0.462 e. The zero-order valence-electron chi connectivity index (χ0n) is 22.9. The van der Waals surface area contributed by atoms with E-state index in [9.17, 15) is 9.36 Å². The van der Waals surface area contributed by atoms with Crippen molar-refractivity contribution in [2.24, 2.45) is 0 Å². The lowest BCUT2D eigenvalue weighted by Crippen LogP contribution is -2.37. The zero-order valence-corrected chi connectivity index (χ0v) is 24.6. The fourth-order valence-electron chi connectivity index (χ4n) is 4.72. The molecule has 40 heavy (non-hydrogen) atoms. The summed E-state index contributed by atoms with van der Waals surface area (Å²) in [5, 5.41) is 2.96. The highest BCUT2D eigenvalue weighted by molar-refractivity contribution is 8.00. The van der Waals surface area contributed by atoms with Gasteiger partial charge in [-0.15, -0.1) is 11.8 Å². The Kier molecular flexibility index (Phi) is 8.15. The van der Waals surface area contributed by atoms with Gasteiger partial charge in [0, 0.05) is 6.20 Å². The van der Waals surface area contributed by atoms with Crippen LogP contribution in [0.3, 0.4) is 0 Å². The molecule has 5 rings (SSSR count). The fraction of sp³-hybridized carbons (Fsp3) is 0.500. The number of nitrogens with two attached hydrogens (primary N) is 1. The van der Waals surface area contributed by atoms with Crippen molar-refractivity contribution in [1.29, 1.82) is 0 Å². The second-order valence-electron chi connectivity index (χ2n) is 10.4. The monoisotopic (exact) mass is 591 g/mol. The molecule has 6 atom stereocenters. The van der Waals surface area contributed by atoms with E-state index in [2.05, 4.69) is 15.1 Å². The van der Waals surface area contributed by atoms with Gasteiger partial charge in [-0.2, -0.15) is 5.09 Å². The van der Waals surface area contributed by atoms with E-state index in [0.717, 1.165) is 5.39 Å². The van der Waals surface area contributed by atoms with Gasteiger partial charge in [0.2, 0.25) is 0 Å². The molecule has 1 aromatic carbocycles. The number of fused-ring (bicyclic) bond motifs is 2. The van der Waals surface area contributed by atoms with Crippen molar-refractivity contribution in [3.05, 3.63) is 48.9 Å². The van der Waals surface area contributed by atoms with Crippen molar-refractivity contribution in [3.63, 3.8) is 0 Å². The Hall–Kier alpha value is -2.67. The molecule has 0 spiro atoms. The predicted octanol–water partition coefficient (Wildman–Crippen LogP) is 4.28. The number of benzene rings is 1. The number of para-hydroxylation sites is 1. The van der Waals surface area contributed by atoms with Gasteiger partial charge in [-0.3, -0.25) is 9.32 Å². The minimum atomic E-state index is -4.05. The number of aromatic nitrogens is 3. The number of nitrogens with one attached hydrogen (secondary N) is 1. The molecule has 2 aromatic heterocycles. The van der Waals surface area contributed by atoms with Crippen molar-refractivity contribution < 1.29 is 32.6 Å². The first-order chi connectivity index (χ1) is 18.9. The van der Waals surface area contributed by atoms with Gasteiger partial charge < -0.3 is 29.0 Å². The first-order valence-electron chi connectivity index (χ1n) is 13.0. The third-order valence-electron chi connectivity index (χ3n) is 6.37. The van der Waals surface area contributed by atoms with E-state index in [0.29, 0.717) is 17.2 Å². The number of anilines is 1. The van der Waals surface area contributed by atoms with Gasteiger partial charge in [-0.25, -0.2) is 14.5 Å². The third-order valence-corrected chi connectivity index (χ3v) is 9.55. The first-order valence-corrected chi connectivity index (χ1v) is 15.5. The summed E-state index contributed by atoms with van der Waals surface area (Å²) in [7, 11) is -4.05. The highest BCUT2D eigenvalue weighted by atomic mass is 32.2. The topological polar surface area (TPSA) is 149 Å². The maximum absolute atomic E-state index is 14.0. The number of carbonyl (C=O) groups excluding carboxylic acids is 1. The van der Waals surface area contributed by atoms with Crippen LogP contribution >= 0.6 is 19.5 Å². The Morgan fingerprint density at radius 2 is 1.90 bits per heavy atom. The van der Waals surface area contributed by atoms with Gasteiger partial charge in [-0.1, -0.05) is 18.2 Å². The number of nitrogen functional groups attached to an aromatic ring is 1. The summed E-state index contributed by atoms with van der Waals surface area (Å²) in [6, 6.07) is 9.55. The molecule has 0 aliphatic carbocycles. The maximum Gasteiger partial charge on any atom is 0.459 e. The van der Waals surface area contributed by atoms with Gasteiger partial charge in [0.05, 0.1) is 23.3 Å². The SMILES string of the molecule is CC(C)OC(=O)[C@H](C)N[P@](=O)(OC[C@H]1S[C@@H](n2ccc3c(N)ncnc32)[C@@H]2OC(C)(C)O[C@@H]21)Oc1ccccc1. The summed E-state index contributed by atoms with van der Waals surface area (Å²) in [6.07, 6.45) is 2.27. The van der Waals surface area contributed by atoms with Crippen LogP contribution in [0.5, 0.6) is 5.75 Å². The molecule has 0 unspecified atom stereocenters. The lowest BCUT2D eigenvalue weighted by Gasteiger charge is -2.26. The molecular formula is C26H34N5O7PS.